The molecule has 1 N–H and O–H groups in total. The van der Waals surface area contributed by atoms with E-state index in [1.165, 1.54) is 0 Å². The molecule has 0 saturated carbocycles. The first-order valence-electron chi connectivity index (χ1n) is 5.61. The quantitative estimate of drug-likeness (QED) is 0.922. The van der Waals surface area contributed by atoms with Crippen LogP contribution in [0.4, 0.5) is 0 Å². The molecule has 0 bridgehead atoms. The molecule has 0 aliphatic carbocycles. The van der Waals surface area contributed by atoms with Gasteiger partial charge in [0, 0.05) is 4.88 Å². The van der Waals surface area contributed by atoms with Gasteiger partial charge >= 0.3 is 0 Å². The van der Waals surface area contributed by atoms with Gasteiger partial charge in [0.25, 0.3) is 0 Å². The fourth-order valence-electron chi connectivity index (χ4n) is 1.88. The molecular formula is C14H16O3S. The second-order valence-electron chi connectivity index (χ2n) is 3.95. The van der Waals surface area contributed by atoms with Crippen LogP contribution in [0.5, 0.6) is 11.5 Å². The Morgan fingerprint density at radius 1 is 1.11 bits per heavy atom. The van der Waals surface area contributed by atoms with Crippen LogP contribution in [-0.2, 0) is 0 Å². The number of ether oxygens (including phenoxy) is 2. The highest BCUT2D eigenvalue weighted by atomic mass is 32.1. The summed E-state index contributed by atoms with van der Waals surface area (Å²) < 4.78 is 10.4. The molecule has 3 nitrogen and oxygen atoms in total. The summed E-state index contributed by atoms with van der Waals surface area (Å²) in [5.41, 5.74) is 1.74. The van der Waals surface area contributed by atoms with Crippen molar-refractivity contribution in [3.63, 3.8) is 0 Å². The lowest BCUT2D eigenvalue weighted by atomic mass is 10.0. The van der Waals surface area contributed by atoms with Gasteiger partial charge in [0.2, 0.25) is 0 Å². The lowest BCUT2D eigenvalue weighted by molar-refractivity contribution is 0.219. The van der Waals surface area contributed by atoms with Crippen LogP contribution in [0, 0.1) is 6.92 Å². The lowest BCUT2D eigenvalue weighted by Crippen LogP contribution is -2.01. The predicted octanol–water partition coefficient (Wildman–Crippen LogP) is 3.16. The van der Waals surface area contributed by atoms with Crippen LogP contribution < -0.4 is 9.47 Å². The highest BCUT2D eigenvalue weighted by molar-refractivity contribution is 7.10. The van der Waals surface area contributed by atoms with Crippen molar-refractivity contribution in [2.75, 3.05) is 14.2 Å². The molecular weight excluding hydrogens is 248 g/mol. The minimum absolute atomic E-state index is 0.627. The largest absolute Gasteiger partial charge is 0.493 e. The van der Waals surface area contributed by atoms with E-state index in [2.05, 4.69) is 0 Å². The summed E-state index contributed by atoms with van der Waals surface area (Å²) in [4.78, 5) is 1.12. The summed E-state index contributed by atoms with van der Waals surface area (Å²) in [5, 5.41) is 12.3. The van der Waals surface area contributed by atoms with Crippen molar-refractivity contribution in [3.05, 3.63) is 45.6 Å². The Labute approximate surface area is 111 Å². The summed E-state index contributed by atoms with van der Waals surface area (Å²) in [7, 11) is 3.18. The minimum atomic E-state index is -0.629. The minimum Gasteiger partial charge on any atom is -0.493 e. The van der Waals surface area contributed by atoms with Crippen molar-refractivity contribution in [3.8, 4) is 11.5 Å². The SMILES string of the molecule is COc1ccc(C(O)c2ccsc2C)cc1OC. The van der Waals surface area contributed by atoms with Crippen molar-refractivity contribution < 1.29 is 14.6 Å². The highest BCUT2D eigenvalue weighted by Crippen LogP contribution is 2.34. The second kappa shape index (κ2) is 5.42. The molecule has 18 heavy (non-hydrogen) atoms. The molecule has 4 heteroatoms. The van der Waals surface area contributed by atoms with E-state index in [0.29, 0.717) is 11.5 Å². The molecule has 1 atom stereocenters. The molecule has 1 aromatic carbocycles. The molecule has 1 aromatic heterocycles. The van der Waals surface area contributed by atoms with Crippen LogP contribution in [-0.4, -0.2) is 19.3 Å². The van der Waals surface area contributed by atoms with Crippen LogP contribution in [0.15, 0.2) is 29.6 Å². The normalized spacial score (nSPS) is 12.2. The summed E-state index contributed by atoms with van der Waals surface area (Å²) in [5.74, 6) is 1.29. The molecule has 0 saturated heterocycles. The number of aryl methyl sites for hydroxylation is 1. The van der Waals surface area contributed by atoms with E-state index < -0.39 is 6.10 Å². The first kappa shape index (κ1) is 12.9. The molecule has 1 heterocycles. The number of hydrogen-bond acceptors (Lipinski definition) is 4. The Morgan fingerprint density at radius 2 is 1.83 bits per heavy atom. The maximum absolute atomic E-state index is 10.4. The van der Waals surface area contributed by atoms with Gasteiger partial charge in [-0.05, 0) is 41.6 Å². The van der Waals surface area contributed by atoms with E-state index in [1.807, 2.05) is 24.4 Å². The average molecular weight is 264 g/mol. The van der Waals surface area contributed by atoms with Crippen LogP contribution in [0.2, 0.25) is 0 Å². The third kappa shape index (κ3) is 2.35. The number of aliphatic hydroxyl groups is 1. The Bertz CT molecular complexity index is 534. The smallest absolute Gasteiger partial charge is 0.161 e. The summed E-state index contributed by atoms with van der Waals surface area (Å²) in [6, 6.07) is 7.41. The molecule has 1 unspecified atom stereocenters. The van der Waals surface area contributed by atoms with E-state index in [9.17, 15) is 5.11 Å². The second-order valence-corrected chi connectivity index (χ2v) is 5.07. The van der Waals surface area contributed by atoms with Crippen LogP contribution >= 0.6 is 11.3 Å². The summed E-state index contributed by atoms with van der Waals surface area (Å²) in [6.45, 7) is 2.00. The molecule has 0 amide bonds. The number of benzene rings is 1. The number of methoxy groups -OCH3 is 2. The predicted molar refractivity (Wildman–Crippen MR) is 72.7 cm³/mol. The van der Waals surface area contributed by atoms with Crippen molar-refractivity contribution in [2.45, 2.75) is 13.0 Å². The van der Waals surface area contributed by atoms with E-state index >= 15 is 0 Å². The standard InChI is InChI=1S/C14H16O3S/c1-9-11(6-7-18-9)14(15)10-4-5-12(16-2)13(8-10)17-3/h4-8,14-15H,1-3H3. The zero-order valence-electron chi connectivity index (χ0n) is 10.6. The van der Waals surface area contributed by atoms with Crippen molar-refractivity contribution in [1.82, 2.24) is 0 Å². The van der Waals surface area contributed by atoms with Gasteiger partial charge in [0.15, 0.2) is 11.5 Å². The summed E-state index contributed by atoms with van der Waals surface area (Å²) >= 11 is 1.63. The van der Waals surface area contributed by atoms with Crippen molar-refractivity contribution in [1.29, 1.82) is 0 Å². The first-order chi connectivity index (χ1) is 8.67. The van der Waals surface area contributed by atoms with E-state index in [4.69, 9.17) is 9.47 Å². The van der Waals surface area contributed by atoms with E-state index in [-0.39, 0.29) is 0 Å². The Hall–Kier alpha value is -1.52. The monoisotopic (exact) mass is 264 g/mol. The first-order valence-corrected chi connectivity index (χ1v) is 6.49. The molecule has 0 fully saturated rings. The number of hydrogen-bond donors (Lipinski definition) is 1. The molecule has 0 aliphatic heterocycles. The molecule has 0 spiro atoms. The molecule has 0 radical (unpaired) electrons. The molecule has 2 aromatic rings. The van der Waals surface area contributed by atoms with Gasteiger partial charge in [-0.3, -0.25) is 0 Å². The Morgan fingerprint density at radius 3 is 2.39 bits per heavy atom. The van der Waals surface area contributed by atoms with Gasteiger partial charge < -0.3 is 14.6 Å². The summed E-state index contributed by atoms with van der Waals surface area (Å²) in [6.07, 6.45) is -0.629. The van der Waals surface area contributed by atoms with Crippen LogP contribution in [0.1, 0.15) is 22.1 Å². The average Bonchev–Trinajstić information content (AvgIpc) is 2.83. The molecule has 2 rings (SSSR count). The fraction of sp³-hybridized carbons (Fsp3) is 0.286. The van der Waals surface area contributed by atoms with Gasteiger partial charge in [0.05, 0.1) is 14.2 Å². The van der Waals surface area contributed by atoms with Crippen LogP contribution in [0.25, 0.3) is 0 Å². The van der Waals surface area contributed by atoms with Gasteiger partial charge in [-0.1, -0.05) is 6.07 Å². The Kier molecular flexibility index (Phi) is 3.89. The van der Waals surface area contributed by atoms with Gasteiger partial charge in [-0.2, -0.15) is 0 Å². The number of thiophene rings is 1. The highest BCUT2D eigenvalue weighted by Gasteiger charge is 2.16. The maximum atomic E-state index is 10.4. The molecule has 96 valence electrons. The van der Waals surface area contributed by atoms with Crippen molar-refractivity contribution >= 4 is 11.3 Å². The third-order valence-corrected chi connectivity index (χ3v) is 3.78. The van der Waals surface area contributed by atoms with Crippen molar-refractivity contribution in [2.24, 2.45) is 0 Å². The van der Waals surface area contributed by atoms with Gasteiger partial charge in [-0.15, -0.1) is 11.3 Å². The lowest BCUT2D eigenvalue weighted by Gasteiger charge is -2.14. The Balaban J connectivity index is 2.37. The zero-order valence-corrected chi connectivity index (χ0v) is 11.5. The van der Waals surface area contributed by atoms with Gasteiger partial charge in [-0.25, -0.2) is 0 Å². The fourth-order valence-corrected chi connectivity index (χ4v) is 2.62. The van der Waals surface area contributed by atoms with E-state index in [0.717, 1.165) is 16.0 Å². The topological polar surface area (TPSA) is 38.7 Å². The number of rotatable bonds is 4. The third-order valence-electron chi connectivity index (χ3n) is 2.92. The number of aliphatic hydroxyl groups excluding tert-OH is 1. The van der Waals surface area contributed by atoms with Crippen LogP contribution in [0.3, 0.4) is 0 Å². The molecule has 0 aliphatic rings. The zero-order chi connectivity index (χ0) is 13.1. The maximum Gasteiger partial charge on any atom is 0.161 e. The van der Waals surface area contributed by atoms with E-state index in [1.54, 1.807) is 37.7 Å². The van der Waals surface area contributed by atoms with Gasteiger partial charge in [0.1, 0.15) is 6.10 Å².